The molecule has 238 valence electrons. The lowest BCUT2D eigenvalue weighted by atomic mass is 9.92. The van der Waals surface area contributed by atoms with Crippen molar-refractivity contribution in [1.29, 1.82) is 0 Å². The van der Waals surface area contributed by atoms with Crippen LogP contribution >= 0.6 is 0 Å². The van der Waals surface area contributed by atoms with Crippen LogP contribution in [0.2, 0.25) is 0 Å². The Bertz CT molecular complexity index is 2470. The molecule has 8 aromatic rings. The van der Waals surface area contributed by atoms with Crippen LogP contribution in [0.25, 0.3) is 60.9 Å². The Morgan fingerprint density at radius 2 is 1.08 bits per heavy atom. The van der Waals surface area contributed by atoms with Gasteiger partial charge in [0.1, 0.15) is 6.17 Å². The van der Waals surface area contributed by atoms with Crippen LogP contribution in [0.3, 0.4) is 0 Å². The van der Waals surface area contributed by atoms with Crippen LogP contribution in [0.1, 0.15) is 28.9 Å². The molecule has 1 aliphatic rings. The van der Waals surface area contributed by atoms with E-state index in [1.54, 1.807) is 0 Å². The second-order valence-electron chi connectivity index (χ2n) is 12.9. The molecule has 0 saturated carbocycles. The van der Waals surface area contributed by atoms with Crippen molar-refractivity contribution in [2.75, 3.05) is 0 Å². The Morgan fingerprint density at radius 1 is 0.460 bits per heavy atom. The Labute approximate surface area is 292 Å². The van der Waals surface area contributed by atoms with Crippen molar-refractivity contribution < 1.29 is 0 Å². The van der Waals surface area contributed by atoms with Crippen LogP contribution in [0.15, 0.2) is 188 Å². The molecule has 0 spiro atoms. The van der Waals surface area contributed by atoms with Crippen molar-refractivity contribution in [3.8, 4) is 33.5 Å². The molecule has 9 rings (SSSR count). The molecule has 0 fully saturated rings. The van der Waals surface area contributed by atoms with E-state index in [1.165, 1.54) is 49.7 Å². The molecule has 2 atom stereocenters. The second kappa shape index (κ2) is 13.0. The number of nitrogens with zero attached hydrogens (tertiary/aromatic N) is 1. The molecule has 0 bridgehead atoms. The van der Waals surface area contributed by atoms with Gasteiger partial charge in [-0.15, -0.1) is 0 Å². The molecule has 1 aliphatic heterocycles. The number of nitrogens with one attached hydrogen (secondary N) is 2. The molecular weight excluding hydrogens is 607 g/mol. The molecule has 2 heterocycles. The van der Waals surface area contributed by atoms with Crippen LogP contribution in [-0.4, -0.2) is 4.98 Å². The van der Waals surface area contributed by atoms with Crippen molar-refractivity contribution in [3.63, 3.8) is 0 Å². The lowest BCUT2D eigenvalue weighted by Gasteiger charge is -2.33. The highest BCUT2D eigenvalue weighted by molar-refractivity contribution is 6.14. The maximum atomic E-state index is 5.22. The summed E-state index contributed by atoms with van der Waals surface area (Å²) < 4.78 is 0. The second-order valence-corrected chi connectivity index (χ2v) is 12.9. The van der Waals surface area contributed by atoms with Gasteiger partial charge in [0, 0.05) is 16.6 Å². The summed E-state index contributed by atoms with van der Waals surface area (Å²) in [6, 6.07) is 64.7. The van der Waals surface area contributed by atoms with E-state index in [9.17, 15) is 0 Å². The van der Waals surface area contributed by atoms with E-state index >= 15 is 0 Å². The molecule has 50 heavy (non-hydrogen) atoms. The van der Waals surface area contributed by atoms with Gasteiger partial charge in [-0.3, -0.25) is 5.32 Å². The first-order valence-corrected chi connectivity index (χ1v) is 17.2. The number of pyridine rings is 1. The van der Waals surface area contributed by atoms with Crippen molar-refractivity contribution in [2.45, 2.75) is 12.2 Å². The van der Waals surface area contributed by atoms with Gasteiger partial charge in [0.15, 0.2) is 0 Å². The van der Waals surface area contributed by atoms with Crippen LogP contribution in [0.5, 0.6) is 0 Å². The third kappa shape index (κ3) is 5.74. The van der Waals surface area contributed by atoms with Gasteiger partial charge in [-0.25, -0.2) is 4.98 Å². The minimum Gasteiger partial charge on any atom is -0.366 e. The van der Waals surface area contributed by atoms with E-state index in [1.807, 2.05) is 6.07 Å². The normalized spacial score (nSPS) is 15.8. The predicted molar refractivity (Wildman–Crippen MR) is 208 cm³/mol. The first-order valence-electron chi connectivity index (χ1n) is 17.2. The zero-order valence-electron chi connectivity index (χ0n) is 27.5. The van der Waals surface area contributed by atoms with Gasteiger partial charge < -0.3 is 5.32 Å². The Balaban J connectivity index is 1.18. The summed E-state index contributed by atoms with van der Waals surface area (Å²) in [6.07, 6.45) is 2.19. The number of benzene rings is 7. The number of hydrogen-bond donors (Lipinski definition) is 2. The lowest BCUT2D eigenvalue weighted by Crippen LogP contribution is -2.39. The number of hydrogen-bond acceptors (Lipinski definition) is 3. The molecular formula is C47H35N3. The average molecular weight is 642 g/mol. The fraction of sp³-hybridized carbons (Fsp3) is 0.0426. The van der Waals surface area contributed by atoms with Crippen LogP contribution < -0.4 is 10.6 Å². The van der Waals surface area contributed by atoms with Crippen molar-refractivity contribution in [2.24, 2.45) is 0 Å². The summed E-state index contributed by atoms with van der Waals surface area (Å²) in [5.41, 5.74) is 12.5. The smallest absolute Gasteiger partial charge is 0.104 e. The monoisotopic (exact) mass is 641 g/mol. The van der Waals surface area contributed by atoms with E-state index in [0.717, 1.165) is 27.9 Å². The highest BCUT2D eigenvalue weighted by Gasteiger charge is 2.25. The standard InChI is InChI=1S/C47H35N3/c1-5-14-32(15-6-1)37-22-13-23-38(28-37)45-31-44(36-20-11-4-12-21-36)49-47(50-45)39-25-24-34-26-27-42-46(40(34)29-39)41(33-16-7-2-8-17-33)30-43(48-42)35-18-9-3-10-19-35/h1-31,45,47,49-50H. The molecule has 2 unspecified atom stereocenters. The number of rotatable bonds is 6. The molecule has 3 nitrogen and oxygen atoms in total. The summed E-state index contributed by atoms with van der Waals surface area (Å²) in [5, 5.41) is 11.3. The van der Waals surface area contributed by atoms with Gasteiger partial charge >= 0.3 is 0 Å². The largest absolute Gasteiger partial charge is 0.366 e. The van der Waals surface area contributed by atoms with Crippen molar-refractivity contribution >= 4 is 27.4 Å². The van der Waals surface area contributed by atoms with Crippen molar-refractivity contribution in [3.05, 3.63) is 205 Å². The molecule has 0 saturated heterocycles. The average Bonchev–Trinajstić information content (AvgIpc) is 3.21. The van der Waals surface area contributed by atoms with Crippen LogP contribution in [0.4, 0.5) is 0 Å². The molecule has 0 aliphatic carbocycles. The minimum atomic E-state index is -0.128. The first kappa shape index (κ1) is 29.8. The highest BCUT2D eigenvalue weighted by Crippen LogP contribution is 2.38. The fourth-order valence-electron chi connectivity index (χ4n) is 7.21. The molecule has 2 N–H and O–H groups in total. The van der Waals surface area contributed by atoms with E-state index in [4.69, 9.17) is 4.98 Å². The van der Waals surface area contributed by atoms with E-state index in [0.29, 0.717) is 0 Å². The minimum absolute atomic E-state index is 0.00156. The van der Waals surface area contributed by atoms with Crippen molar-refractivity contribution in [1.82, 2.24) is 15.6 Å². The van der Waals surface area contributed by atoms with Gasteiger partial charge in [0.05, 0.1) is 17.3 Å². The third-order valence-corrected chi connectivity index (χ3v) is 9.72. The first-order chi connectivity index (χ1) is 24.8. The zero-order valence-corrected chi connectivity index (χ0v) is 27.5. The van der Waals surface area contributed by atoms with Gasteiger partial charge in [-0.1, -0.05) is 158 Å². The van der Waals surface area contributed by atoms with E-state index < -0.39 is 0 Å². The van der Waals surface area contributed by atoms with Crippen LogP contribution in [0, 0.1) is 0 Å². The predicted octanol–water partition coefficient (Wildman–Crippen LogP) is 11.4. The fourth-order valence-corrected chi connectivity index (χ4v) is 7.21. The van der Waals surface area contributed by atoms with Crippen LogP contribution in [-0.2, 0) is 0 Å². The molecule has 7 aromatic carbocycles. The summed E-state index contributed by atoms with van der Waals surface area (Å²) in [6.45, 7) is 0. The Kier molecular flexibility index (Phi) is 7.73. The summed E-state index contributed by atoms with van der Waals surface area (Å²) >= 11 is 0. The quantitative estimate of drug-likeness (QED) is 0.177. The summed E-state index contributed by atoms with van der Waals surface area (Å²) in [4.78, 5) is 5.22. The Morgan fingerprint density at radius 3 is 1.80 bits per heavy atom. The number of aromatic nitrogens is 1. The summed E-state index contributed by atoms with van der Waals surface area (Å²) in [5.74, 6) is 0. The molecule has 3 heteroatoms. The van der Waals surface area contributed by atoms with Gasteiger partial charge in [-0.05, 0) is 80.1 Å². The maximum absolute atomic E-state index is 5.22. The lowest BCUT2D eigenvalue weighted by molar-refractivity contribution is 0.443. The van der Waals surface area contributed by atoms with Gasteiger partial charge in [0.25, 0.3) is 0 Å². The molecule has 1 aromatic heterocycles. The Hall–Kier alpha value is -6.29. The van der Waals surface area contributed by atoms with E-state index in [-0.39, 0.29) is 12.2 Å². The SMILES string of the molecule is C1=C(c2ccccc2)NC(c2ccc3ccc4nc(-c5ccccc5)cc(-c5ccccc5)c4c3c2)NC1c1cccc(-c2ccccc2)c1. The summed E-state index contributed by atoms with van der Waals surface area (Å²) in [7, 11) is 0. The molecule has 0 amide bonds. The van der Waals surface area contributed by atoms with E-state index in [2.05, 4.69) is 193 Å². The van der Waals surface area contributed by atoms with Gasteiger partial charge in [-0.2, -0.15) is 0 Å². The third-order valence-electron chi connectivity index (χ3n) is 9.72. The number of fused-ring (bicyclic) bond motifs is 3. The zero-order chi connectivity index (χ0) is 33.3. The maximum Gasteiger partial charge on any atom is 0.104 e. The van der Waals surface area contributed by atoms with Gasteiger partial charge in [0.2, 0.25) is 0 Å². The highest BCUT2D eigenvalue weighted by atomic mass is 15.2. The topological polar surface area (TPSA) is 37.0 Å². The molecule has 0 radical (unpaired) electrons.